The van der Waals surface area contributed by atoms with Crippen LogP contribution in [-0.2, 0) is 21.2 Å². The van der Waals surface area contributed by atoms with E-state index in [-0.39, 0.29) is 5.91 Å². The van der Waals surface area contributed by atoms with Gasteiger partial charge >= 0.3 is 0 Å². The highest BCUT2D eigenvalue weighted by Crippen LogP contribution is 2.26. The van der Waals surface area contributed by atoms with Gasteiger partial charge < -0.3 is 5.32 Å². The lowest BCUT2D eigenvalue weighted by molar-refractivity contribution is -0.123. The van der Waals surface area contributed by atoms with Gasteiger partial charge in [0.2, 0.25) is 15.9 Å². The molecule has 1 atom stereocenters. The molecular formula is C21H27ClN2O3S. The minimum atomic E-state index is -3.69. The summed E-state index contributed by atoms with van der Waals surface area (Å²) in [6.45, 7) is 5.64. The number of sulfonamides is 1. The first-order valence-electron chi connectivity index (χ1n) is 9.14. The molecule has 0 saturated carbocycles. The van der Waals surface area contributed by atoms with Crippen molar-refractivity contribution in [2.45, 2.75) is 45.2 Å². The fraction of sp³-hybridized carbons (Fsp3) is 0.381. The van der Waals surface area contributed by atoms with Crippen molar-refractivity contribution in [1.29, 1.82) is 0 Å². The van der Waals surface area contributed by atoms with Crippen LogP contribution < -0.4 is 9.62 Å². The van der Waals surface area contributed by atoms with Gasteiger partial charge in [-0.05, 0) is 50.5 Å². The Morgan fingerprint density at radius 2 is 1.79 bits per heavy atom. The summed E-state index contributed by atoms with van der Waals surface area (Å²) >= 11 is 6.04. The van der Waals surface area contributed by atoms with Gasteiger partial charge in [0, 0.05) is 10.6 Å². The predicted octanol–water partition coefficient (Wildman–Crippen LogP) is 4.02. The van der Waals surface area contributed by atoms with E-state index in [1.165, 1.54) is 0 Å². The zero-order chi connectivity index (χ0) is 20.9. The van der Waals surface area contributed by atoms with Crippen LogP contribution in [0.2, 0.25) is 5.02 Å². The van der Waals surface area contributed by atoms with E-state index in [0.717, 1.165) is 16.1 Å². The van der Waals surface area contributed by atoms with Crippen LogP contribution in [-0.4, -0.2) is 32.2 Å². The molecule has 0 saturated heterocycles. The number of rotatable bonds is 8. The van der Waals surface area contributed by atoms with Crippen molar-refractivity contribution in [2.75, 3.05) is 10.6 Å². The number of benzene rings is 2. The first kappa shape index (κ1) is 22.2. The first-order chi connectivity index (χ1) is 13.0. The number of halogens is 1. The molecule has 28 heavy (non-hydrogen) atoms. The van der Waals surface area contributed by atoms with Gasteiger partial charge in [-0.3, -0.25) is 9.10 Å². The van der Waals surface area contributed by atoms with Crippen molar-refractivity contribution >= 4 is 33.2 Å². The van der Waals surface area contributed by atoms with Crippen LogP contribution in [0.5, 0.6) is 0 Å². The number of amides is 1. The maximum atomic E-state index is 13.1. The zero-order valence-corrected chi connectivity index (χ0v) is 18.2. The molecule has 152 valence electrons. The highest BCUT2D eigenvalue weighted by molar-refractivity contribution is 7.92. The van der Waals surface area contributed by atoms with Crippen LogP contribution in [0, 0.1) is 0 Å². The number of carbonyl (C=O) groups excluding carboxylic acids is 1. The third-order valence-corrected chi connectivity index (χ3v) is 5.76. The van der Waals surface area contributed by atoms with E-state index in [4.69, 9.17) is 11.6 Å². The lowest BCUT2D eigenvalue weighted by Gasteiger charge is -2.34. The molecule has 2 aromatic carbocycles. The standard InChI is InChI=1S/C21H27ClN2O3S/c1-5-19(24(28(4,26)27)18-13-9-12-17(22)14-18)20(25)23-21(2,3)15-16-10-7-6-8-11-16/h6-14,19H,5,15H2,1-4H3,(H,23,25)/t19-/m1/s1. The molecule has 2 aromatic rings. The number of carbonyl (C=O) groups is 1. The Morgan fingerprint density at radius 3 is 2.32 bits per heavy atom. The van der Waals surface area contributed by atoms with Crippen LogP contribution in [0.4, 0.5) is 5.69 Å². The Balaban J connectivity index is 2.28. The summed E-state index contributed by atoms with van der Waals surface area (Å²) in [4.78, 5) is 13.1. The zero-order valence-electron chi connectivity index (χ0n) is 16.6. The average molecular weight is 423 g/mol. The molecule has 0 bridgehead atoms. The third kappa shape index (κ3) is 5.97. The van der Waals surface area contributed by atoms with E-state index in [0.29, 0.717) is 23.6 Å². The average Bonchev–Trinajstić information content (AvgIpc) is 2.58. The second-order valence-electron chi connectivity index (χ2n) is 7.50. The topological polar surface area (TPSA) is 66.5 Å². The van der Waals surface area contributed by atoms with Gasteiger partial charge in [-0.1, -0.05) is 54.9 Å². The summed E-state index contributed by atoms with van der Waals surface area (Å²) < 4.78 is 26.2. The summed E-state index contributed by atoms with van der Waals surface area (Å²) in [5, 5.41) is 3.42. The van der Waals surface area contributed by atoms with Crippen molar-refractivity contribution < 1.29 is 13.2 Å². The van der Waals surface area contributed by atoms with E-state index < -0.39 is 21.6 Å². The maximum absolute atomic E-state index is 13.1. The fourth-order valence-corrected chi connectivity index (χ4v) is 4.63. The Kier molecular flexibility index (Phi) is 7.12. The van der Waals surface area contributed by atoms with E-state index >= 15 is 0 Å². The second kappa shape index (κ2) is 8.97. The minimum absolute atomic E-state index is 0.326. The van der Waals surface area contributed by atoms with Crippen LogP contribution in [0.15, 0.2) is 54.6 Å². The number of nitrogens with one attached hydrogen (secondary N) is 1. The molecule has 5 nitrogen and oxygen atoms in total. The number of anilines is 1. The van der Waals surface area contributed by atoms with Crippen molar-refractivity contribution in [2.24, 2.45) is 0 Å². The van der Waals surface area contributed by atoms with E-state index in [1.807, 2.05) is 44.2 Å². The molecule has 0 aliphatic carbocycles. The fourth-order valence-electron chi connectivity index (χ4n) is 3.24. The molecule has 0 heterocycles. The Hall–Kier alpha value is -2.05. The van der Waals surface area contributed by atoms with Crippen molar-refractivity contribution in [3.8, 4) is 0 Å². The summed E-state index contributed by atoms with van der Waals surface area (Å²) in [6.07, 6.45) is 2.05. The molecule has 2 rings (SSSR count). The minimum Gasteiger partial charge on any atom is -0.349 e. The summed E-state index contributed by atoms with van der Waals surface area (Å²) in [5.41, 5.74) is 0.928. The van der Waals surface area contributed by atoms with Gasteiger partial charge in [0.05, 0.1) is 11.9 Å². The third-order valence-electron chi connectivity index (χ3n) is 4.34. The van der Waals surface area contributed by atoms with Crippen molar-refractivity contribution in [3.05, 3.63) is 65.2 Å². The monoisotopic (exact) mass is 422 g/mol. The second-order valence-corrected chi connectivity index (χ2v) is 9.79. The van der Waals surface area contributed by atoms with Crippen molar-refractivity contribution in [3.63, 3.8) is 0 Å². The molecule has 0 spiro atoms. The SMILES string of the molecule is CC[C@H](C(=O)NC(C)(C)Cc1ccccc1)N(c1cccc(Cl)c1)S(C)(=O)=O. The van der Waals surface area contributed by atoms with Gasteiger partial charge in [-0.2, -0.15) is 0 Å². The highest BCUT2D eigenvalue weighted by atomic mass is 35.5. The quantitative estimate of drug-likeness (QED) is 0.698. The molecular weight excluding hydrogens is 396 g/mol. The van der Waals surface area contributed by atoms with Crippen LogP contribution in [0.25, 0.3) is 0 Å². The van der Waals surface area contributed by atoms with E-state index in [2.05, 4.69) is 5.32 Å². The Labute approximate surface area is 172 Å². The molecule has 0 aliphatic heterocycles. The maximum Gasteiger partial charge on any atom is 0.244 e. The number of hydrogen-bond acceptors (Lipinski definition) is 3. The Morgan fingerprint density at radius 1 is 1.14 bits per heavy atom. The van der Waals surface area contributed by atoms with Gasteiger partial charge in [0.15, 0.2) is 0 Å². The van der Waals surface area contributed by atoms with Gasteiger partial charge in [0.25, 0.3) is 0 Å². The van der Waals surface area contributed by atoms with Gasteiger partial charge in [-0.15, -0.1) is 0 Å². The normalized spacial score (nSPS) is 13.0. The van der Waals surface area contributed by atoms with Gasteiger partial charge in [0.1, 0.15) is 6.04 Å². The molecule has 1 N–H and O–H groups in total. The highest BCUT2D eigenvalue weighted by Gasteiger charge is 2.34. The number of hydrogen-bond donors (Lipinski definition) is 1. The number of nitrogens with zero attached hydrogens (tertiary/aromatic N) is 1. The Bertz CT molecular complexity index is 914. The summed E-state index contributed by atoms with van der Waals surface area (Å²) in [5.74, 6) is -0.339. The largest absolute Gasteiger partial charge is 0.349 e. The van der Waals surface area contributed by atoms with Crippen LogP contribution in [0.3, 0.4) is 0 Å². The van der Waals surface area contributed by atoms with Gasteiger partial charge in [-0.25, -0.2) is 8.42 Å². The lowest BCUT2D eigenvalue weighted by Crippen LogP contribution is -2.55. The molecule has 7 heteroatoms. The molecule has 0 fully saturated rings. The van der Waals surface area contributed by atoms with E-state index in [1.54, 1.807) is 31.2 Å². The smallest absolute Gasteiger partial charge is 0.244 e. The van der Waals surface area contributed by atoms with E-state index in [9.17, 15) is 13.2 Å². The lowest BCUT2D eigenvalue weighted by atomic mass is 9.94. The molecule has 0 unspecified atom stereocenters. The molecule has 0 aromatic heterocycles. The molecule has 0 aliphatic rings. The predicted molar refractivity (Wildman–Crippen MR) is 115 cm³/mol. The first-order valence-corrected chi connectivity index (χ1v) is 11.4. The van der Waals surface area contributed by atoms with Crippen LogP contribution in [0.1, 0.15) is 32.8 Å². The molecule has 1 amide bonds. The van der Waals surface area contributed by atoms with Crippen molar-refractivity contribution in [1.82, 2.24) is 5.32 Å². The molecule has 0 radical (unpaired) electrons. The summed E-state index contributed by atoms with van der Waals surface area (Å²) in [7, 11) is -3.69. The van der Waals surface area contributed by atoms with Crippen LogP contribution >= 0.6 is 11.6 Å². The summed E-state index contributed by atoms with van der Waals surface area (Å²) in [6, 6.07) is 15.5.